The van der Waals surface area contributed by atoms with Crippen molar-refractivity contribution in [3.8, 4) is 5.75 Å². The lowest BCUT2D eigenvalue weighted by Crippen LogP contribution is -2.51. The van der Waals surface area contributed by atoms with Gasteiger partial charge in [-0.1, -0.05) is 37.0 Å². The molecule has 0 fully saturated rings. The van der Waals surface area contributed by atoms with Crippen LogP contribution < -0.4 is 4.74 Å². The molecule has 3 heterocycles. The molecule has 4 rings (SSSR count). The van der Waals surface area contributed by atoms with Gasteiger partial charge in [0.25, 0.3) is 0 Å². The number of ether oxygens (including phenoxy) is 1. The molecule has 0 spiro atoms. The second-order valence-electron chi connectivity index (χ2n) is 8.69. The monoisotopic (exact) mass is 472 g/mol. The van der Waals surface area contributed by atoms with E-state index in [1.165, 1.54) is 12.3 Å². The lowest BCUT2D eigenvalue weighted by molar-refractivity contribution is -0.266. The third kappa shape index (κ3) is 4.23. The van der Waals surface area contributed by atoms with Crippen LogP contribution in [-0.2, 0) is 18.3 Å². The molecule has 0 saturated carbocycles. The van der Waals surface area contributed by atoms with E-state index in [0.717, 1.165) is 5.56 Å². The summed E-state index contributed by atoms with van der Waals surface area (Å²) in [6.45, 7) is 3.76. The lowest BCUT2D eigenvalue weighted by atomic mass is 9.73. The standard InChI is InChI=1S/C22H21Cl2F3N2O2/c1-20(2,16-6-13(23)5-12-3-4-31-19(12)16)11-21(30,22(25,26)27)9-15-8-17-18(29-15)7-14(24)10-28-17/h5-8,10,29-30H,3-4,9,11H2,1-2H3. The van der Waals surface area contributed by atoms with E-state index < -0.39 is 30.0 Å². The summed E-state index contributed by atoms with van der Waals surface area (Å²) in [5.74, 6) is 0.559. The summed E-state index contributed by atoms with van der Waals surface area (Å²) in [7, 11) is 0. The lowest BCUT2D eigenvalue weighted by Gasteiger charge is -2.38. The minimum atomic E-state index is -4.87. The fourth-order valence-corrected chi connectivity index (χ4v) is 4.71. The second-order valence-corrected chi connectivity index (χ2v) is 9.56. The van der Waals surface area contributed by atoms with Gasteiger partial charge >= 0.3 is 6.18 Å². The Hall–Kier alpha value is -1.96. The number of fused-ring (bicyclic) bond motifs is 2. The minimum absolute atomic E-state index is 0.216. The number of H-pyrrole nitrogens is 1. The Morgan fingerprint density at radius 1 is 1.13 bits per heavy atom. The zero-order valence-corrected chi connectivity index (χ0v) is 18.4. The number of alkyl halides is 3. The summed E-state index contributed by atoms with van der Waals surface area (Å²) >= 11 is 12.1. The Bertz CT molecular complexity index is 1140. The molecule has 0 radical (unpaired) electrons. The van der Waals surface area contributed by atoms with Crippen LogP contribution in [0.3, 0.4) is 0 Å². The number of aliphatic hydroxyl groups is 1. The zero-order valence-electron chi connectivity index (χ0n) is 16.9. The highest BCUT2D eigenvalue weighted by Gasteiger charge is 2.56. The van der Waals surface area contributed by atoms with Crippen molar-refractivity contribution in [2.45, 2.75) is 50.3 Å². The van der Waals surface area contributed by atoms with E-state index in [2.05, 4.69) is 9.97 Å². The first-order valence-corrected chi connectivity index (χ1v) is 10.5. The van der Waals surface area contributed by atoms with Gasteiger partial charge < -0.3 is 14.8 Å². The number of benzene rings is 1. The van der Waals surface area contributed by atoms with Crippen LogP contribution >= 0.6 is 23.2 Å². The van der Waals surface area contributed by atoms with E-state index in [1.54, 1.807) is 32.0 Å². The number of nitrogens with one attached hydrogen (secondary N) is 1. The van der Waals surface area contributed by atoms with Gasteiger partial charge in [0.05, 0.1) is 22.7 Å². The molecule has 1 atom stereocenters. The van der Waals surface area contributed by atoms with Crippen molar-refractivity contribution in [2.75, 3.05) is 6.61 Å². The van der Waals surface area contributed by atoms with Crippen molar-refractivity contribution in [3.05, 3.63) is 57.3 Å². The van der Waals surface area contributed by atoms with Gasteiger partial charge in [-0.15, -0.1) is 0 Å². The maximum absolute atomic E-state index is 14.2. The number of halogens is 5. The van der Waals surface area contributed by atoms with Gasteiger partial charge in [0.2, 0.25) is 0 Å². The third-order valence-corrected chi connectivity index (χ3v) is 6.14. The average molecular weight is 473 g/mol. The van der Waals surface area contributed by atoms with Crippen LogP contribution in [0.4, 0.5) is 13.2 Å². The van der Waals surface area contributed by atoms with Crippen LogP contribution in [0.1, 0.15) is 37.1 Å². The van der Waals surface area contributed by atoms with Crippen LogP contribution in [0, 0.1) is 0 Å². The maximum atomic E-state index is 14.2. The van der Waals surface area contributed by atoms with Gasteiger partial charge in [0.1, 0.15) is 5.75 Å². The van der Waals surface area contributed by atoms with Gasteiger partial charge in [0, 0.05) is 35.3 Å². The van der Waals surface area contributed by atoms with Crippen molar-refractivity contribution in [2.24, 2.45) is 0 Å². The highest BCUT2D eigenvalue weighted by Crippen LogP contribution is 2.47. The van der Waals surface area contributed by atoms with Crippen molar-refractivity contribution in [3.63, 3.8) is 0 Å². The smallest absolute Gasteiger partial charge is 0.417 e. The van der Waals surface area contributed by atoms with E-state index in [4.69, 9.17) is 27.9 Å². The predicted molar refractivity (Wildman–Crippen MR) is 114 cm³/mol. The number of hydrogen-bond acceptors (Lipinski definition) is 3. The molecule has 0 amide bonds. The second kappa shape index (κ2) is 7.57. The van der Waals surface area contributed by atoms with Crippen LogP contribution in [0.15, 0.2) is 30.5 Å². The molecule has 166 valence electrons. The minimum Gasteiger partial charge on any atom is -0.493 e. The quantitative estimate of drug-likeness (QED) is 0.478. The molecule has 0 bridgehead atoms. The average Bonchev–Trinajstić information content (AvgIpc) is 3.24. The molecule has 1 aliphatic rings. The van der Waals surface area contributed by atoms with Gasteiger partial charge in [-0.2, -0.15) is 13.2 Å². The van der Waals surface area contributed by atoms with Crippen LogP contribution in [0.2, 0.25) is 10.0 Å². The summed E-state index contributed by atoms with van der Waals surface area (Å²) < 4.78 is 48.1. The largest absolute Gasteiger partial charge is 0.493 e. The predicted octanol–water partition coefficient (Wildman–Crippen LogP) is 6.01. The molecular weight excluding hydrogens is 452 g/mol. The normalized spacial score (nSPS) is 16.3. The Balaban J connectivity index is 1.71. The molecule has 0 aliphatic carbocycles. The van der Waals surface area contributed by atoms with Crippen molar-refractivity contribution < 1.29 is 23.0 Å². The van der Waals surface area contributed by atoms with Gasteiger partial charge in [-0.25, -0.2) is 0 Å². The van der Waals surface area contributed by atoms with Crippen LogP contribution in [-0.4, -0.2) is 33.5 Å². The molecule has 2 N–H and O–H groups in total. The number of aromatic nitrogens is 2. The van der Waals surface area contributed by atoms with Crippen molar-refractivity contribution >= 4 is 34.2 Å². The van der Waals surface area contributed by atoms with Crippen LogP contribution in [0.25, 0.3) is 11.0 Å². The Morgan fingerprint density at radius 2 is 1.87 bits per heavy atom. The van der Waals surface area contributed by atoms with E-state index >= 15 is 0 Å². The van der Waals surface area contributed by atoms with E-state index in [-0.39, 0.29) is 5.69 Å². The summed E-state index contributed by atoms with van der Waals surface area (Å²) in [4.78, 5) is 7.00. The fraction of sp³-hybridized carbons (Fsp3) is 0.409. The number of rotatable bonds is 5. The molecule has 0 saturated heterocycles. The summed E-state index contributed by atoms with van der Waals surface area (Å²) in [5, 5.41) is 11.7. The molecule has 1 aromatic carbocycles. The molecule has 1 unspecified atom stereocenters. The molecule has 31 heavy (non-hydrogen) atoms. The Morgan fingerprint density at radius 3 is 2.58 bits per heavy atom. The van der Waals surface area contributed by atoms with Gasteiger partial charge in [-0.05, 0) is 41.7 Å². The first-order valence-electron chi connectivity index (χ1n) is 9.76. The Labute approximate surface area is 187 Å². The third-order valence-electron chi connectivity index (χ3n) is 5.71. The van der Waals surface area contributed by atoms with Crippen LogP contribution in [0.5, 0.6) is 5.75 Å². The summed E-state index contributed by atoms with van der Waals surface area (Å²) in [6.07, 6.45) is -4.04. The van der Waals surface area contributed by atoms with Crippen molar-refractivity contribution in [1.82, 2.24) is 9.97 Å². The summed E-state index contributed by atoms with van der Waals surface area (Å²) in [5.41, 5.74) is -1.44. The maximum Gasteiger partial charge on any atom is 0.417 e. The van der Waals surface area contributed by atoms with Gasteiger partial charge in [0.15, 0.2) is 5.60 Å². The first-order chi connectivity index (χ1) is 14.4. The number of aromatic amines is 1. The fourth-order valence-electron chi connectivity index (χ4n) is 4.31. The SMILES string of the molecule is CC(C)(CC(O)(Cc1cc2ncc(Cl)cc2[nH]1)C(F)(F)F)c1cc(Cl)cc2c1OCC2. The van der Waals surface area contributed by atoms with Gasteiger partial charge in [-0.3, -0.25) is 4.98 Å². The first kappa shape index (κ1) is 22.2. The number of hydrogen-bond donors (Lipinski definition) is 2. The molecular formula is C22H21Cl2F3N2O2. The van der Waals surface area contributed by atoms with E-state index in [1.807, 2.05) is 0 Å². The Kier molecular flexibility index (Phi) is 5.43. The molecule has 2 aromatic heterocycles. The van der Waals surface area contributed by atoms with E-state index in [9.17, 15) is 18.3 Å². The molecule has 3 aromatic rings. The molecule has 4 nitrogen and oxygen atoms in total. The number of pyridine rings is 1. The molecule has 9 heteroatoms. The zero-order chi connectivity index (χ0) is 22.6. The van der Waals surface area contributed by atoms with Crippen molar-refractivity contribution in [1.29, 1.82) is 0 Å². The van der Waals surface area contributed by atoms with E-state index in [0.29, 0.717) is 45.4 Å². The summed E-state index contributed by atoms with van der Waals surface area (Å²) in [6, 6.07) is 6.46. The molecule has 1 aliphatic heterocycles. The topological polar surface area (TPSA) is 58.1 Å². The highest BCUT2D eigenvalue weighted by molar-refractivity contribution is 6.31. The highest BCUT2D eigenvalue weighted by atomic mass is 35.5. The number of nitrogens with zero attached hydrogens (tertiary/aromatic N) is 1.